The van der Waals surface area contributed by atoms with E-state index in [1.807, 2.05) is 30.3 Å². The molecule has 1 N–H and O–H groups in total. The minimum Gasteiger partial charge on any atom is -0.501 e. The van der Waals surface area contributed by atoms with E-state index in [-0.39, 0.29) is 0 Å². The highest BCUT2D eigenvalue weighted by Crippen LogP contribution is 2.31. The molecule has 0 bridgehead atoms. The van der Waals surface area contributed by atoms with Crippen LogP contribution < -0.4 is 0 Å². The third kappa shape index (κ3) is 1.97. The third-order valence-electron chi connectivity index (χ3n) is 3.29. The lowest BCUT2D eigenvalue weighted by molar-refractivity contribution is 0.171. The Morgan fingerprint density at radius 1 is 1.22 bits per heavy atom. The maximum absolute atomic E-state index is 10.5. The zero-order valence-electron chi connectivity index (χ0n) is 10.0. The normalized spacial score (nSPS) is 17.1. The fraction of sp³-hybridized carbons (Fsp3) is 0.267. The molecule has 0 fully saturated rings. The van der Waals surface area contributed by atoms with Crippen molar-refractivity contribution in [1.29, 1.82) is 0 Å². The first-order chi connectivity index (χ1) is 8.86. The van der Waals surface area contributed by atoms with Crippen molar-refractivity contribution in [3.8, 4) is 0 Å². The fourth-order valence-electron chi connectivity index (χ4n) is 2.35. The molecule has 1 aromatic carbocycles. The molecule has 1 aromatic heterocycles. The van der Waals surface area contributed by atoms with E-state index >= 15 is 0 Å². The Morgan fingerprint density at radius 2 is 2.17 bits per heavy atom. The lowest BCUT2D eigenvalue weighted by Crippen LogP contribution is -2.08. The Kier molecular flexibility index (Phi) is 2.99. The third-order valence-corrected chi connectivity index (χ3v) is 3.29. The van der Waals surface area contributed by atoms with Crippen LogP contribution in [0.3, 0.4) is 0 Å². The maximum Gasteiger partial charge on any atom is 0.104 e. The second kappa shape index (κ2) is 4.78. The monoisotopic (exact) mass is 241 g/mol. The molecule has 0 radical (unpaired) electrons. The molecule has 2 heterocycles. The van der Waals surface area contributed by atoms with Crippen LogP contribution in [0.15, 0.2) is 48.4 Å². The predicted molar refractivity (Wildman–Crippen MR) is 70.0 cm³/mol. The second-order valence-corrected chi connectivity index (χ2v) is 4.49. The molecule has 0 aliphatic carbocycles. The van der Waals surface area contributed by atoms with Gasteiger partial charge in [-0.2, -0.15) is 0 Å². The van der Waals surface area contributed by atoms with Crippen LogP contribution in [0, 0.1) is 0 Å². The molecule has 0 saturated carbocycles. The lowest BCUT2D eigenvalue weighted by Gasteiger charge is -2.20. The minimum absolute atomic E-state index is 0.599. The van der Waals surface area contributed by atoms with Gasteiger partial charge >= 0.3 is 0 Å². The second-order valence-electron chi connectivity index (χ2n) is 4.49. The van der Waals surface area contributed by atoms with Gasteiger partial charge in [0, 0.05) is 11.6 Å². The average molecular weight is 241 g/mol. The van der Waals surface area contributed by atoms with Crippen molar-refractivity contribution in [2.45, 2.75) is 18.9 Å². The standard InChI is InChI=1S/C15H15NO2/c17-15(11-4-3-9-18-10-11)13-5-1-7-14-12(13)6-2-8-16-14/h1-2,5-8,10,15,17H,3-4,9H2. The summed E-state index contributed by atoms with van der Waals surface area (Å²) in [6.45, 7) is 0.743. The van der Waals surface area contributed by atoms with Crippen LogP contribution in [0.2, 0.25) is 0 Å². The summed E-state index contributed by atoms with van der Waals surface area (Å²) in [5.41, 5.74) is 2.75. The zero-order chi connectivity index (χ0) is 12.4. The SMILES string of the molecule is OC(C1=COCCC1)c1cccc2ncccc12. The van der Waals surface area contributed by atoms with Crippen LogP contribution in [0.25, 0.3) is 10.9 Å². The number of pyridine rings is 1. The lowest BCUT2D eigenvalue weighted by atomic mass is 9.95. The van der Waals surface area contributed by atoms with Gasteiger partial charge in [-0.05, 0) is 36.1 Å². The number of aliphatic hydroxyl groups is 1. The molecule has 2 aromatic rings. The fourth-order valence-corrected chi connectivity index (χ4v) is 2.35. The summed E-state index contributed by atoms with van der Waals surface area (Å²) in [6, 6.07) is 9.72. The smallest absolute Gasteiger partial charge is 0.104 e. The number of hydrogen-bond acceptors (Lipinski definition) is 3. The molecule has 3 nitrogen and oxygen atoms in total. The summed E-state index contributed by atoms with van der Waals surface area (Å²) in [7, 11) is 0. The van der Waals surface area contributed by atoms with E-state index in [4.69, 9.17) is 4.74 Å². The summed E-state index contributed by atoms with van der Waals surface area (Å²) in [5.74, 6) is 0. The number of nitrogens with zero attached hydrogens (tertiary/aromatic N) is 1. The van der Waals surface area contributed by atoms with E-state index in [9.17, 15) is 5.11 Å². The van der Waals surface area contributed by atoms with E-state index in [1.165, 1.54) is 0 Å². The van der Waals surface area contributed by atoms with Crippen LogP contribution in [-0.4, -0.2) is 16.7 Å². The van der Waals surface area contributed by atoms with Crippen molar-refractivity contribution < 1.29 is 9.84 Å². The van der Waals surface area contributed by atoms with Crippen molar-refractivity contribution in [3.63, 3.8) is 0 Å². The number of rotatable bonds is 2. The number of aromatic nitrogens is 1. The number of aliphatic hydroxyl groups excluding tert-OH is 1. The molecule has 1 unspecified atom stereocenters. The summed E-state index contributed by atoms with van der Waals surface area (Å²) < 4.78 is 5.30. The van der Waals surface area contributed by atoms with Crippen molar-refractivity contribution in [2.75, 3.05) is 6.61 Å². The Morgan fingerprint density at radius 3 is 3.00 bits per heavy atom. The van der Waals surface area contributed by atoms with Gasteiger partial charge in [-0.15, -0.1) is 0 Å². The molecule has 0 spiro atoms. The molecular formula is C15H15NO2. The van der Waals surface area contributed by atoms with Crippen LogP contribution in [0.5, 0.6) is 0 Å². The van der Waals surface area contributed by atoms with Crippen LogP contribution in [0.1, 0.15) is 24.5 Å². The quantitative estimate of drug-likeness (QED) is 0.879. The van der Waals surface area contributed by atoms with Gasteiger partial charge in [0.1, 0.15) is 6.10 Å². The first-order valence-corrected chi connectivity index (χ1v) is 6.18. The maximum atomic E-state index is 10.5. The van der Waals surface area contributed by atoms with Gasteiger partial charge in [0.25, 0.3) is 0 Å². The topological polar surface area (TPSA) is 42.4 Å². The Balaban J connectivity index is 2.05. The van der Waals surface area contributed by atoms with Gasteiger partial charge in [0.05, 0.1) is 18.4 Å². The molecule has 1 atom stereocenters. The van der Waals surface area contributed by atoms with Gasteiger partial charge in [0.2, 0.25) is 0 Å². The summed E-state index contributed by atoms with van der Waals surface area (Å²) in [4.78, 5) is 4.31. The van der Waals surface area contributed by atoms with Gasteiger partial charge in [-0.25, -0.2) is 0 Å². The summed E-state index contributed by atoms with van der Waals surface area (Å²) in [6.07, 6.45) is 4.72. The first-order valence-electron chi connectivity index (χ1n) is 6.18. The molecular weight excluding hydrogens is 226 g/mol. The largest absolute Gasteiger partial charge is 0.501 e. The van der Waals surface area contributed by atoms with E-state index < -0.39 is 6.10 Å². The Bertz CT molecular complexity index is 587. The molecule has 1 aliphatic rings. The Hall–Kier alpha value is -1.87. The number of ether oxygens (including phenoxy) is 1. The molecule has 3 heteroatoms. The summed E-state index contributed by atoms with van der Waals surface area (Å²) >= 11 is 0. The van der Waals surface area contributed by atoms with Crippen LogP contribution in [-0.2, 0) is 4.74 Å². The van der Waals surface area contributed by atoms with Crippen molar-refractivity contribution in [1.82, 2.24) is 4.98 Å². The number of hydrogen-bond donors (Lipinski definition) is 1. The number of benzene rings is 1. The highest BCUT2D eigenvalue weighted by Gasteiger charge is 2.18. The molecule has 0 saturated heterocycles. The zero-order valence-corrected chi connectivity index (χ0v) is 10.0. The minimum atomic E-state index is -0.599. The number of fused-ring (bicyclic) bond motifs is 1. The Labute approximate surface area is 106 Å². The molecule has 3 rings (SSSR count). The van der Waals surface area contributed by atoms with E-state index in [0.29, 0.717) is 0 Å². The predicted octanol–water partition coefficient (Wildman–Crippen LogP) is 2.96. The van der Waals surface area contributed by atoms with Crippen LogP contribution >= 0.6 is 0 Å². The van der Waals surface area contributed by atoms with E-state index in [2.05, 4.69) is 4.98 Å². The van der Waals surface area contributed by atoms with Gasteiger partial charge in [0.15, 0.2) is 0 Å². The molecule has 1 aliphatic heterocycles. The van der Waals surface area contributed by atoms with Gasteiger partial charge < -0.3 is 9.84 Å². The van der Waals surface area contributed by atoms with Crippen molar-refractivity contribution >= 4 is 10.9 Å². The van der Waals surface area contributed by atoms with Crippen molar-refractivity contribution in [3.05, 3.63) is 53.9 Å². The van der Waals surface area contributed by atoms with Gasteiger partial charge in [-0.1, -0.05) is 18.2 Å². The average Bonchev–Trinajstić information content (AvgIpc) is 2.47. The van der Waals surface area contributed by atoms with Crippen LogP contribution in [0.4, 0.5) is 0 Å². The molecule has 92 valence electrons. The van der Waals surface area contributed by atoms with Crippen molar-refractivity contribution in [2.24, 2.45) is 0 Å². The highest BCUT2D eigenvalue weighted by molar-refractivity contribution is 5.82. The summed E-state index contributed by atoms with van der Waals surface area (Å²) in [5, 5.41) is 11.5. The van der Waals surface area contributed by atoms with E-state index in [0.717, 1.165) is 41.5 Å². The van der Waals surface area contributed by atoms with E-state index in [1.54, 1.807) is 12.5 Å². The first kappa shape index (κ1) is 11.2. The molecule has 0 amide bonds. The highest BCUT2D eigenvalue weighted by atomic mass is 16.5. The van der Waals surface area contributed by atoms with Gasteiger partial charge in [-0.3, -0.25) is 4.98 Å². The molecule has 18 heavy (non-hydrogen) atoms.